The van der Waals surface area contributed by atoms with Crippen LogP contribution in [0.5, 0.6) is 11.5 Å². The van der Waals surface area contributed by atoms with E-state index in [2.05, 4.69) is 5.32 Å². The van der Waals surface area contributed by atoms with Gasteiger partial charge < -0.3 is 14.8 Å². The van der Waals surface area contributed by atoms with Gasteiger partial charge in [0, 0.05) is 5.69 Å². The Labute approximate surface area is 240 Å². The third kappa shape index (κ3) is 6.50. The summed E-state index contributed by atoms with van der Waals surface area (Å²) in [5.41, 5.74) is 4.11. The van der Waals surface area contributed by atoms with Gasteiger partial charge in [-0.2, -0.15) is 0 Å². The number of hydrogen-bond donors (Lipinski definition) is 1. The van der Waals surface area contributed by atoms with Gasteiger partial charge in [0.1, 0.15) is 0 Å². The lowest BCUT2D eigenvalue weighted by Gasteiger charge is -2.17. The number of anilines is 2. The first-order valence-corrected chi connectivity index (χ1v) is 13.6. The molecule has 0 aliphatic carbocycles. The highest BCUT2D eigenvalue weighted by atomic mass is 35.5. The lowest BCUT2D eigenvalue weighted by Crippen LogP contribution is -2.28. The van der Waals surface area contributed by atoms with Gasteiger partial charge in [-0.3, -0.25) is 14.5 Å². The maximum absolute atomic E-state index is 13.2. The van der Waals surface area contributed by atoms with Crippen LogP contribution in [0.3, 0.4) is 0 Å². The van der Waals surface area contributed by atoms with Crippen molar-refractivity contribution in [3.8, 4) is 11.5 Å². The largest absolute Gasteiger partial charge is 0.490 e. The van der Waals surface area contributed by atoms with Gasteiger partial charge in [0.2, 0.25) is 0 Å². The molecule has 10 heteroatoms. The summed E-state index contributed by atoms with van der Waals surface area (Å²) >= 11 is 18.7. The van der Waals surface area contributed by atoms with Crippen molar-refractivity contribution in [2.75, 3.05) is 23.4 Å². The van der Waals surface area contributed by atoms with E-state index in [1.165, 1.54) is 11.8 Å². The number of nitrogens with one attached hydrogen (secondary N) is 1. The topological polar surface area (TPSA) is 67.9 Å². The molecule has 1 saturated heterocycles. The molecule has 1 aliphatic rings. The third-order valence-electron chi connectivity index (χ3n) is 5.51. The van der Waals surface area contributed by atoms with Crippen molar-refractivity contribution in [2.45, 2.75) is 20.8 Å². The second-order valence-electron chi connectivity index (χ2n) is 8.41. The maximum Gasteiger partial charge on any atom is 0.270 e. The van der Waals surface area contributed by atoms with Crippen molar-refractivity contribution >= 4 is 80.8 Å². The van der Waals surface area contributed by atoms with Crippen LogP contribution in [0.1, 0.15) is 23.6 Å². The Balaban J connectivity index is 1.48. The second-order valence-corrected chi connectivity index (χ2v) is 10.9. The van der Waals surface area contributed by atoms with Crippen LogP contribution in [0, 0.1) is 13.8 Å². The van der Waals surface area contributed by atoms with Crippen molar-refractivity contribution in [3.63, 3.8) is 0 Å². The van der Waals surface area contributed by atoms with Crippen LogP contribution >= 0.6 is 47.2 Å². The minimum Gasteiger partial charge on any atom is -0.490 e. The molecular formula is C28H24Cl2N2O4S2. The van der Waals surface area contributed by atoms with E-state index in [0.717, 1.165) is 22.4 Å². The number of amides is 2. The van der Waals surface area contributed by atoms with Crippen LogP contribution in [0.4, 0.5) is 11.4 Å². The van der Waals surface area contributed by atoms with E-state index in [9.17, 15) is 9.59 Å². The fourth-order valence-corrected chi connectivity index (χ4v) is 5.38. The van der Waals surface area contributed by atoms with Gasteiger partial charge in [-0.15, -0.1) is 0 Å². The molecule has 1 aliphatic heterocycles. The first-order chi connectivity index (χ1) is 18.2. The summed E-state index contributed by atoms with van der Waals surface area (Å²) in [4.78, 5) is 27.7. The van der Waals surface area contributed by atoms with E-state index >= 15 is 0 Å². The molecule has 0 saturated carbocycles. The SMILES string of the molecule is CCOc1cc(/C=C2\SC(=S)N(c3ccc(C)cc3C)C2=O)ccc1OCC(=O)Nc1ccc(Cl)c(Cl)c1. The summed E-state index contributed by atoms with van der Waals surface area (Å²) in [6.07, 6.45) is 1.77. The van der Waals surface area contributed by atoms with E-state index in [0.29, 0.717) is 43.1 Å². The zero-order valence-electron chi connectivity index (χ0n) is 20.8. The minimum atomic E-state index is -0.370. The van der Waals surface area contributed by atoms with Crippen LogP contribution < -0.4 is 19.7 Å². The van der Waals surface area contributed by atoms with Crippen LogP contribution in [0.25, 0.3) is 6.08 Å². The summed E-state index contributed by atoms with van der Waals surface area (Å²) in [6, 6.07) is 16.0. The van der Waals surface area contributed by atoms with E-state index in [1.807, 2.05) is 39.0 Å². The fourth-order valence-electron chi connectivity index (χ4n) is 3.80. The van der Waals surface area contributed by atoms with Gasteiger partial charge in [0.15, 0.2) is 22.4 Å². The molecule has 0 aromatic heterocycles. The van der Waals surface area contributed by atoms with Crippen molar-refractivity contribution in [2.24, 2.45) is 0 Å². The molecule has 0 bridgehead atoms. The Morgan fingerprint density at radius 2 is 1.82 bits per heavy atom. The summed E-state index contributed by atoms with van der Waals surface area (Å²) in [7, 11) is 0. The number of carbonyl (C=O) groups is 2. The van der Waals surface area contributed by atoms with Gasteiger partial charge in [-0.25, -0.2) is 0 Å². The predicted molar refractivity (Wildman–Crippen MR) is 160 cm³/mol. The molecule has 3 aromatic rings. The van der Waals surface area contributed by atoms with Crippen molar-refractivity contribution < 1.29 is 19.1 Å². The molecule has 0 unspecified atom stereocenters. The van der Waals surface area contributed by atoms with Crippen molar-refractivity contribution in [1.82, 2.24) is 0 Å². The Morgan fingerprint density at radius 1 is 1.03 bits per heavy atom. The molecule has 6 nitrogen and oxygen atoms in total. The molecule has 4 rings (SSSR count). The average molecular weight is 588 g/mol. The first-order valence-electron chi connectivity index (χ1n) is 11.7. The number of ether oxygens (including phenoxy) is 2. The van der Waals surface area contributed by atoms with Gasteiger partial charge in [-0.1, -0.05) is 70.9 Å². The molecule has 0 atom stereocenters. The summed E-state index contributed by atoms with van der Waals surface area (Å²) < 4.78 is 11.9. The number of benzene rings is 3. The highest BCUT2D eigenvalue weighted by molar-refractivity contribution is 8.27. The van der Waals surface area contributed by atoms with Crippen LogP contribution in [-0.2, 0) is 9.59 Å². The van der Waals surface area contributed by atoms with Gasteiger partial charge in [0.05, 0.1) is 27.2 Å². The zero-order chi connectivity index (χ0) is 27.4. The Morgan fingerprint density at radius 3 is 2.53 bits per heavy atom. The highest BCUT2D eigenvalue weighted by Crippen LogP contribution is 2.38. The Kier molecular flexibility index (Phi) is 8.99. The van der Waals surface area contributed by atoms with Crippen molar-refractivity contribution in [1.29, 1.82) is 0 Å². The number of carbonyl (C=O) groups excluding carboxylic acids is 2. The quantitative estimate of drug-likeness (QED) is 0.218. The van der Waals surface area contributed by atoms with E-state index in [1.54, 1.807) is 47.4 Å². The molecule has 1 fully saturated rings. The predicted octanol–water partition coefficient (Wildman–Crippen LogP) is 7.43. The van der Waals surface area contributed by atoms with E-state index in [-0.39, 0.29) is 18.4 Å². The molecule has 196 valence electrons. The monoisotopic (exact) mass is 586 g/mol. The van der Waals surface area contributed by atoms with Crippen molar-refractivity contribution in [3.05, 3.63) is 86.2 Å². The normalized spacial score (nSPS) is 14.2. The van der Waals surface area contributed by atoms with Gasteiger partial charge in [-0.05, 0) is 74.4 Å². The molecule has 3 aromatic carbocycles. The standard InChI is InChI=1S/C28H24Cl2N2O4S2/c1-4-35-24-12-18(6-10-23(24)36-15-26(33)31-19-7-8-20(29)21(30)14-19)13-25-27(34)32(28(37)38-25)22-9-5-16(2)11-17(22)3/h5-14H,4,15H2,1-3H3,(H,31,33)/b25-13-. The molecule has 38 heavy (non-hydrogen) atoms. The summed E-state index contributed by atoms with van der Waals surface area (Å²) in [5.74, 6) is 0.304. The minimum absolute atomic E-state index is 0.177. The fraction of sp³-hybridized carbons (Fsp3) is 0.179. The smallest absolute Gasteiger partial charge is 0.270 e. The average Bonchev–Trinajstić information content (AvgIpc) is 3.13. The van der Waals surface area contributed by atoms with E-state index < -0.39 is 0 Å². The number of thiocarbonyl (C=S) groups is 1. The van der Waals surface area contributed by atoms with E-state index in [4.69, 9.17) is 44.9 Å². The summed E-state index contributed by atoms with van der Waals surface area (Å²) in [5, 5.41) is 3.45. The Hall–Kier alpha value is -3.04. The third-order valence-corrected chi connectivity index (χ3v) is 7.56. The first kappa shape index (κ1) is 28.0. The number of nitrogens with zero attached hydrogens (tertiary/aromatic N) is 1. The van der Waals surface area contributed by atoms with Gasteiger partial charge >= 0.3 is 0 Å². The van der Waals surface area contributed by atoms with Crippen LogP contribution in [0.15, 0.2) is 59.5 Å². The Bertz CT molecular complexity index is 1460. The summed E-state index contributed by atoms with van der Waals surface area (Å²) in [6.45, 7) is 5.97. The number of halogens is 2. The van der Waals surface area contributed by atoms with Gasteiger partial charge in [0.25, 0.3) is 11.8 Å². The number of rotatable bonds is 8. The molecular weight excluding hydrogens is 563 g/mol. The zero-order valence-corrected chi connectivity index (χ0v) is 24.0. The second kappa shape index (κ2) is 12.2. The lowest BCUT2D eigenvalue weighted by molar-refractivity contribution is -0.118. The number of thioether (sulfide) groups is 1. The molecule has 1 N–H and O–H groups in total. The maximum atomic E-state index is 13.2. The molecule has 0 radical (unpaired) electrons. The molecule has 0 spiro atoms. The molecule has 2 amide bonds. The lowest BCUT2D eigenvalue weighted by atomic mass is 10.1. The van der Waals surface area contributed by atoms with Crippen LogP contribution in [0.2, 0.25) is 10.0 Å². The van der Waals surface area contributed by atoms with Crippen LogP contribution in [-0.4, -0.2) is 29.3 Å². The molecule has 1 heterocycles. The number of aryl methyl sites for hydroxylation is 2. The number of hydrogen-bond acceptors (Lipinski definition) is 6. The highest BCUT2D eigenvalue weighted by Gasteiger charge is 2.34.